The molecule has 1 saturated carbocycles. The summed E-state index contributed by atoms with van der Waals surface area (Å²) in [6, 6.07) is 6.55. The largest absolute Gasteiger partial charge is 0.493 e. The van der Waals surface area contributed by atoms with Crippen LogP contribution in [0.3, 0.4) is 0 Å². The highest BCUT2D eigenvalue weighted by Gasteiger charge is 2.25. The lowest BCUT2D eigenvalue weighted by molar-refractivity contribution is 0.157. The molecule has 1 unspecified atom stereocenters. The molecule has 2 aliphatic rings. The van der Waals surface area contributed by atoms with Crippen LogP contribution in [-0.4, -0.2) is 43.8 Å². The highest BCUT2D eigenvalue weighted by Crippen LogP contribution is 2.25. The molecule has 3 rings (SSSR count). The molecule has 1 aliphatic carbocycles. The zero-order valence-corrected chi connectivity index (χ0v) is 14.7. The van der Waals surface area contributed by atoms with Crippen LogP contribution >= 0.6 is 0 Å². The van der Waals surface area contributed by atoms with Crippen LogP contribution in [0.25, 0.3) is 0 Å². The number of hydrogen-bond acceptors (Lipinski definition) is 3. The molecule has 0 spiro atoms. The van der Waals surface area contributed by atoms with Crippen molar-refractivity contribution in [2.75, 3.05) is 26.9 Å². The van der Waals surface area contributed by atoms with E-state index in [1.165, 1.54) is 6.42 Å². The molecule has 0 bridgehead atoms. The third kappa shape index (κ3) is 4.20. The number of nitrogens with one attached hydrogen (secondary N) is 1. The number of carbonyl (C=O) groups excluding carboxylic acids is 1. The first kappa shape index (κ1) is 17.1. The van der Waals surface area contributed by atoms with Crippen LogP contribution in [0.4, 0.5) is 4.79 Å². The molecular formula is C19H28N2O3. The van der Waals surface area contributed by atoms with Gasteiger partial charge in [0.1, 0.15) is 5.75 Å². The summed E-state index contributed by atoms with van der Waals surface area (Å²) in [4.78, 5) is 14.1. The molecule has 1 atom stereocenters. The van der Waals surface area contributed by atoms with Gasteiger partial charge in [0.15, 0.2) is 0 Å². The zero-order valence-electron chi connectivity index (χ0n) is 14.7. The third-order valence-electron chi connectivity index (χ3n) is 5.09. The van der Waals surface area contributed by atoms with Crippen molar-refractivity contribution in [2.45, 2.75) is 45.2 Å². The summed E-state index contributed by atoms with van der Waals surface area (Å²) in [5.41, 5.74) is 2.18. The molecule has 0 radical (unpaired) electrons. The SMILES string of the molecule is Cc1ccc(CNC(=O)N(C)C2CCC2)c(OCC2CCOC2)c1. The Morgan fingerprint density at radius 2 is 2.21 bits per heavy atom. The zero-order chi connectivity index (χ0) is 16.9. The molecule has 5 nitrogen and oxygen atoms in total. The quantitative estimate of drug-likeness (QED) is 0.871. The van der Waals surface area contributed by atoms with Crippen LogP contribution in [0.5, 0.6) is 5.75 Å². The monoisotopic (exact) mass is 332 g/mol. The van der Waals surface area contributed by atoms with Crippen molar-refractivity contribution in [1.29, 1.82) is 0 Å². The number of aryl methyl sites for hydroxylation is 1. The van der Waals surface area contributed by atoms with Gasteiger partial charge in [0.2, 0.25) is 0 Å². The van der Waals surface area contributed by atoms with E-state index in [1.54, 1.807) is 0 Å². The van der Waals surface area contributed by atoms with E-state index in [1.807, 2.05) is 24.1 Å². The fourth-order valence-electron chi connectivity index (χ4n) is 3.10. The summed E-state index contributed by atoms with van der Waals surface area (Å²) < 4.78 is 11.4. The van der Waals surface area contributed by atoms with Gasteiger partial charge in [-0.3, -0.25) is 0 Å². The van der Waals surface area contributed by atoms with E-state index in [2.05, 4.69) is 18.3 Å². The highest BCUT2D eigenvalue weighted by molar-refractivity contribution is 5.74. The molecule has 1 aliphatic heterocycles. The molecule has 2 fully saturated rings. The summed E-state index contributed by atoms with van der Waals surface area (Å²) in [5, 5.41) is 3.02. The Hall–Kier alpha value is -1.75. The second-order valence-corrected chi connectivity index (χ2v) is 7.01. The number of nitrogens with zero attached hydrogens (tertiary/aromatic N) is 1. The van der Waals surface area contributed by atoms with E-state index in [-0.39, 0.29) is 6.03 Å². The van der Waals surface area contributed by atoms with Crippen LogP contribution in [0, 0.1) is 12.8 Å². The summed E-state index contributed by atoms with van der Waals surface area (Å²) in [6.45, 7) is 4.83. The number of benzene rings is 1. The van der Waals surface area contributed by atoms with Gasteiger partial charge in [-0.2, -0.15) is 0 Å². The molecule has 1 saturated heterocycles. The third-order valence-corrected chi connectivity index (χ3v) is 5.09. The second-order valence-electron chi connectivity index (χ2n) is 7.01. The Morgan fingerprint density at radius 3 is 2.88 bits per heavy atom. The number of ether oxygens (including phenoxy) is 2. The van der Waals surface area contributed by atoms with Crippen LogP contribution in [0.15, 0.2) is 18.2 Å². The van der Waals surface area contributed by atoms with E-state index in [0.717, 1.165) is 49.4 Å². The van der Waals surface area contributed by atoms with Gasteiger partial charge in [-0.25, -0.2) is 4.79 Å². The minimum absolute atomic E-state index is 0.00424. The van der Waals surface area contributed by atoms with Gasteiger partial charge < -0.3 is 19.7 Å². The first-order valence-corrected chi connectivity index (χ1v) is 8.94. The summed E-state index contributed by atoms with van der Waals surface area (Å²) in [5.74, 6) is 1.34. The topological polar surface area (TPSA) is 50.8 Å². The van der Waals surface area contributed by atoms with Crippen molar-refractivity contribution in [2.24, 2.45) is 5.92 Å². The van der Waals surface area contributed by atoms with Gasteiger partial charge in [0.25, 0.3) is 0 Å². The number of carbonyl (C=O) groups is 1. The lowest BCUT2D eigenvalue weighted by Gasteiger charge is -2.34. The maximum Gasteiger partial charge on any atom is 0.317 e. The fourth-order valence-corrected chi connectivity index (χ4v) is 3.10. The van der Waals surface area contributed by atoms with Gasteiger partial charge in [-0.05, 0) is 44.2 Å². The molecule has 132 valence electrons. The normalized spacial score (nSPS) is 20.5. The van der Waals surface area contributed by atoms with E-state index >= 15 is 0 Å². The Kier molecular flexibility index (Phi) is 5.61. The molecule has 1 N–H and O–H groups in total. The molecule has 1 aromatic carbocycles. The predicted octanol–water partition coefficient (Wildman–Crippen LogP) is 3.10. The number of hydrogen-bond donors (Lipinski definition) is 1. The van der Waals surface area contributed by atoms with Gasteiger partial charge in [-0.15, -0.1) is 0 Å². The van der Waals surface area contributed by atoms with Gasteiger partial charge in [0, 0.05) is 37.7 Å². The Labute approximate surface area is 144 Å². The van der Waals surface area contributed by atoms with E-state index in [9.17, 15) is 4.79 Å². The van der Waals surface area contributed by atoms with Gasteiger partial charge >= 0.3 is 6.03 Å². The minimum atomic E-state index is -0.00424. The smallest absolute Gasteiger partial charge is 0.317 e. The average Bonchev–Trinajstić information content (AvgIpc) is 3.03. The Morgan fingerprint density at radius 1 is 1.38 bits per heavy atom. The molecule has 5 heteroatoms. The van der Waals surface area contributed by atoms with Crippen LogP contribution in [-0.2, 0) is 11.3 Å². The number of rotatable bonds is 6. The Balaban J connectivity index is 1.56. The minimum Gasteiger partial charge on any atom is -0.493 e. The Bertz CT molecular complexity index is 566. The van der Waals surface area contributed by atoms with Crippen molar-refractivity contribution in [3.8, 4) is 5.75 Å². The first-order valence-electron chi connectivity index (χ1n) is 8.94. The first-order chi connectivity index (χ1) is 11.6. The van der Waals surface area contributed by atoms with Crippen molar-refractivity contribution < 1.29 is 14.3 Å². The van der Waals surface area contributed by atoms with Crippen molar-refractivity contribution in [3.05, 3.63) is 29.3 Å². The number of amides is 2. The van der Waals surface area contributed by atoms with Crippen molar-refractivity contribution in [3.63, 3.8) is 0 Å². The highest BCUT2D eigenvalue weighted by atomic mass is 16.5. The van der Waals surface area contributed by atoms with E-state index in [4.69, 9.17) is 9.47 Å². The fraction of sp³-hybridized carbons (Fsp3) is 0.632. The molecule has 0 aromatic heterocycles. The lowest BCUT2D eigenvalue weighted by atomic mass is 9.92. The molecule has 1 aromatic rings. The second kappa shape index (κ2) is 7.88. The summed E-state index contributed by atoms with van der Waals surface area (Å²) >= 11 is 0. The lowest BCUT2D eigenvalue weighted by Crippen LogP contribution is -2.46. The van der Waals surface area contributed by atoms with Crippen LogP contribution in [0.1, 0.15) is 36.8 Å². The van der Waals surface area contributed by atoms with E-state index in [0.29, 0.717) is 25.1 Å². The van der Waals surface area contributed by atoms with Crippen LogP contribution < -0.4 is 10.1 Å². The van der Waals surface area contributed by atoms with E-state index < -0.39 is 0 Å². The van der Waals surface area contributed by atoms with Crippen molar-refractivity contribution >= 4 is 6.03 Å². The van der Waals surface area contributed by atoms with Gasteiger partial charge in [-0.1, -0.05) is 12.1 Å². The summed E-state index contributed by atoms with van der Waals surface area (Å²) in [7, 11) is 1.88. The molecular weight excluding hydrogens is 304 g/mol. The predicted molar refractivity (Wildman–Crippen MR) is 93.2 cm³/mol. The van der Waals surface area contributed by atoms with Crippen molar-refractivity contribution in [1.82, 2.24) is 10.2 Å². The number of urea groups is 1. The maximum absolute atomic E-state index is 12.3. The summed E-state index contributed by atoms with van der Waals surface area (Å²) in [6.07, 6.45) is 4.52. The average molecular weight is 332 g/mol. The van der Waals surface area contributed by atoms with Crippen LogP contribution in [0.2, 0.25) is 0 Å². The molecule has 24 heavy (non-hydrogen) atoms. The van der Waals surface area contributed by atoms with Gasteiger partial charge in [0.05, 0.1) is 13.2 Å². The standard InChI is InChI=1S/C19H28N2O3/c1-14-6-7-16(11-20-19(22)21(2)17-4-3-5-17)18(10-14)24-13-15-8-9-23-12-15/h6-7,10,15,17H,3-5,8-9,11-13H2,1-2H3,(H,20,22). The maximum atomic E-state index is 12.3. The molecule has 1 heterocycles. The molecule has 2 amide bonds.